The van der Waals surface area contributed by atoms with Crippen molar-refractivity contribution >= 4 is 11.9 Å². The minimum atomic E-state index is -1.11. The van der Waals surface area contributed by atoms with Crippen molar-refractivity contribution in [3.63, 3.8) is 0 Å². The van der Waals surface area contributed by atoms with Crippen LogP contribution in [0, 0.1) is 5.92 Å². The minimum absolute atomic E-state index is 0.0179. The molecule has 1 aliphatic carbocycles. The largest absolute Gasteiger partial charge is 0.496 e. The molecule has 21 heavy (non-hydrogen) atoms. The van der Waals surface area contributed by atoms with E-state index >= 15 is 0 Å². The first-order valence-corrected chi connectivity index (χ1v) is 6.69. The number of carboxylic acid groups (broad SMARTS) is 2. The Labute approximate surface area is 122 Å². The molecule has 1 unspecified atom stereocenters. The zero-order valence-corrected chi connectivity index (χ0v) is 12.0. The molecule has 2 rings (SSSR count). The Hall–Kier alpha value is -2.24. The predicted octanol–water partition coefficient (Wildman–Crippen LogP) is 2.37. The molecule has 0 spiro atoms. The summed E-state index contributed by atoms with van der Waals surface area (Å²) in [6.07, 6.45) is 1.87. The minimum Gasteiger partial charge on any atom is -0.496 e. The molecule has 2 N–H and O–H groups in total. The van der Waals surface area contributed by atoms with Crippen LogP contribution in [-0.4, -0.2) is 36.4 Å². The van der Waals surface area contributed by atoms with Gasteiger partial charge in [0.1, 0.15) is 17.1 Å². The van der Waals surface area contributed by atoms with Crippen molar-refractivity contribution in [1.82, 2.24) is 0 Å². The van der Waals surface area contributed by atoms with Crippen LogP contribution in [-0.2, 0) is 4.79 Å². The first-order chi connectivity index (χ1) is 9.97. The molecule has 6 heteroatoms. The molecule has 0 aromatic heterocycles. The fourth-order valence-electron chi connectivity index (χ4n) is 2.60. The summed E-state index contributed by atoms with van der Waals surface area (Å²) in [5.74, 6) is -1.31. The van der Waals surface area contributed by atoms with Gasteiger partial charge in [-0.1, -0.05) is 0 Å². The van der Waals surface area contributed by atoms with Crippen LogP contribution in [0.5, 0.6) is 11.5 Å². The molecular weight excluding hydrogens is 276 g/mol. The van der Waals surface area contributed by atoms with Crippen LogP contribution in [0.2, 0.25) is 0 Å². The quantitative estimate of drug-likeness (QED) is 0.802. The Morgan fingerprint density at radius 3 is 2.24 bits per heavy atom. The van der Waals surface area contributed by atoms with Crippen molar-refractivity contribution in [3.05, 3.63) is 23.3 Å². The van der Waals surface area contributed by atoms with E-state index in [9.17, 15) is 14.7 Å². The molecule has 1 atom stereocenters. The van der Waals surface area contributed by atoms with Gasteiger partial charge in [0, 0.05) is 12.0 Å². The summed E-state index contributed by atoms with van der Waals surface area (Å²) in [6.45, 7) is 0. The molecule has 1 aromatic rings. The van der Waals surface area contributed by atoms with Gasteiger partial charge in [0.05, 0.1) is 20.6 Å². The third-order valence-electron chi connectivity index (χ3n) is 3.77. The predicted molar refractivity (Wildman–Crippen MR) is 74.2 cm³/mol. The summed E-state index contributed by atoms with van der Waals surface area (Å²) in [5.41, 5.74) is 0.643. The third kappa shape index (κ3) is 3.26. The van der Waals surface area contributed by atoms with Gasteiger partial charge in [-0.15, -0.1) is 0 Å². The van der Waals surface area contributed by atoms with Crippen LogP contribution in [0.3, 0.4) is 0 Å². The monoisotopic (exact) mass is 294 g/mol. The third-order valence-corrected chi connectivity index (χ3v) is 3.77. The summed E-state index contributed by atoms with van der Waals surface area (Å²) in [5, 5.41) is 18.3. The van der Waals surface area contributed by atoms with Gasteiger partial charge in [0.25, 0.3) is 0 Å². The molecule has 0 heterocycles. The van der Waals surface area contributed by atoms with Gasteiger partial charge in [0.2, 0.25) is 0 Å². The Bertz CT molecular complexity index is 562. The Balaban J connectivity index is 2.51. The van der Waals surface area contributed by atoms with Crippen molar-refractivity contribution < 1.29 is 29.3 Å². The van der Waals surface area contributed by atoms with E-state index < -0.39 is 11.9 Å². The van der Waals surface area contributed by atoms with Gasteiger partial charge in [-0.05, 0) is 30.4 Å². The number of hydrogen-bond donors (Lipinski definition) is 2. The van der Waals surface area contributed by atoms with E-state index in [0.717, 1.165) is 12.8 Å². The van der Waals surface area contributed by atoms with Gasteiger partial charge in [-0.25, -0.2) is 4.79 Å². The molecule has 0 bridgehead atoms. The first-order valence-electron chi connectivity index (χ1n) is 6.69. The number of carbonyl (C=O) groups is 2. The van der Waals surface area contributed by atoms with E-state index in [2.05, 4.69) is 0 Å². The Morgan fingerprint density at radius 2 is 1.81 bits per heavy atom. The summed E-state index contributed by atoms with van der Waals surface area (Å²) < 4.78 is 10.4. The van der Waals surface area contributed by atoms with E-state index in [1.54, 1.807) is 0 Å². The molecule has 1 saturated carbocycles. The number of methoxy groups -OCH3 is 2. The zero-order chi connectivity index (χ0) is 15.6. The first kappa shape index (κ1) is 15.2. The standard InChI is InChI=1S/C15H18O6/c1-20-12-7-13(21-2)11(15(18)19)5-10(12)9(6-14(16)17)8-3-4-8/h5,7-9H,3-4,6H2,1-2H3,(H,16,17)(H,18,19). The number of hydrogen-bond acceptors (Lipinski definition) is 4. The average molecular weight is 294 g/mol. The van der Waals surface area contributed by atoms with E-state index in [0.29, 0.717) is 11.3 Å². The average Bonchev–Trinajstić information content (AvgIpc) is 3.27. The SMILES string of the molecule is COc1cc(OC)c(C(CC(=O)O)C2CC2)cc1C(=O)O. The zero-order valence-electron chi connectivity index (χ0n) is 12.0. The van der Waals surface area contributed by atoms with Crippen LogP contribution >= 0.6 is 0 Å². The van der Waals surface area contributed by atoms with E-state index in [-0.39, 0.29) is 29.6 Å². The molecule has 1 aliphatic rings. The lowest BCUT2D eigenvalue weighted by atomic mass is 9.89. The summed E-state index contributed by atoms with van der Waals surface area (Å²) in [4.78, 5) is 22.4. The maximum atomic E-state index is 11.3. The fourth-order valence-corrected chi connectivity index (χ4v) is 2.60. The topological polar surface area (TPSA) is 93.1 Å². The lowest BCUT2D eigenvalue weighted by Crippen LogP contribution is -2.12. The summed E-state index contributed by atoms with van der Waals surface area (Å²) in [6, 6.07) is 2.99. The number of aliphatic carboxylic acids is 1. The lowest BCUT2D eigenvalue weighted by molar-refractivity contribution is -0.137. The lowest BCUT2D eigenvalue weighted by Gasteiger charge is -2.20. The van der Waals surface area contributed by atoms with Crippen LogP contribution in [0.15, 0.2) is 12.1 Å². The molecule has 114 valence electrons. The highest BCUT2D eigenvalue weighted by molar-refractivity contribution is 5.91. The maximum absolute atomic E-state index is 11.3. The maximum Gasteiger partial charge on any atom is 0.339 e. The van der Waals surface area contributed by atoms with E-state index in [1.165, 1.54) is 26.4 Å². The molecule has 1 fully saturated rings. The van der Waals surface area contributed by atoms with Crippen molar-refractivity contribution in [2.45, 2.75) is 25.2 Å². The fraction of sp³-hybridized carbons (Fsp3) is 0.467. The van der Waals surface area contributed by atoms with Crippen molar-refractivity contribution in [2.24, 2.45) is 5.92 Å². The second-order valence-electron chi connectivity index (χ2n) is 5.14. The molecule has 1 aromatic carbocycles. The van der Waals surface area contributed by atoms with E-state index in [1.807, 2.05) is 0 Å². The second kappa shape index (κ2) is 6.03. The number of rotatable bonds is 7. The molecule has 0 aliphatic heterocycles. The van der Waals surface area contributed by atoms with Gasteiger partial charge in [-0.2, -0.15) is 0 Å². The van der Waals surface area contributed by atoms with Crippen molar-refractivity contribution in [3.8, 4) is 11.5 Å². The molecule has 0 radical (unpaired) electrons. The van der Waals surface area contributed by atoms with Gasteiger partial charge < -0.3 is 19.7 Å². The highest BCUT2D eigenvalue weighted by Gasteiger charge is 2.36. The molecular formula is C15H18O6. The van der Waals surface area contributed by atoms with E-state index in [4.69, 9.17) is 14.6 Å². The number of benzene rings is 1. The number of ether oxygens (including phenoxy) is 2. The smallest absolute Gasteiger partial charge is 0.339 e. The van der Waals surface area contributed by atoms with Crippen molar-refractivity contribution in [1.29, 1.82) is 0 Å². The normalized spacial score (nSPS) is 15.3. The second-order valence-corrected chi connectivity index (χ2v) is 5.14. The molecule has 0 amide bonds. The van der Waals surface area contributed by atoms with Gasteiger partial charge >= 0.3 is 11.9 Å². The number of carboxylic acids is 2. The van der Waals surface area contributed by atoms with Crippen molar-refractivity contribution in [2.75, 3.05) is 14.2 Å². The van der Waals surface area contributed by atoms with Gasteiger partial charge in [-0.3, -0.25) is 4.79 Å². The Morgan fingerprint density at radius 1 is 1.19 bits per heavy atom. The molecule has 6 nitrogen and oxygen atoms in total. The highest BCUT2D eigenvalue weighted by Crippen LogP contribution is 2.48. The Kier molecular flexibility index (Phi) is 4.35. The van der Waals surface area contributed by atoms with Crippen LogP contribution in [0.25, 0.3) is 0 Å². The summed E-state index contributed by atoms with van der Waals surface area (Å²) >= 11 is 0. The molecule has 0 saturated heterocycles. The van der Waals surface area contributed by atoms with Gasteiger partial charge in [0.15, 0.2) is 0 Å². The van der Waals surface area contributed by atoms with Crippen LogP contribution < -0.4 is 9.47 Å². The van der Waals surface area contributed by atoms with Crippen LogP contribution in [0.4, 0.5) is 0 Å². The number of aromatic carboxylic acids is 1. The summed E-state index contributed by atoms with van der Waals surface area (Å²) in [7, 11) is 2.86. The highest BCUT2D eigenvalue weighted by atomic mass is 16.5. The van der Waals surface area contributed by atoms with Crippen LogP contribution in [0.1, 0.15) is 41.1 Å².